The van der Waals surface area contributed by atoms with Gasteiger partial charge in [0.25, 0.3) is 0 Å². The summed E-state index contributed by atoms with van der Waals surface area (Å²) in [6.45, 7) is 6.64. The molecule has 27 heavy (non-hydrogen) atoms. The molecule has 0 atom stereocenters. The highest BCUT2D eigenvalue weighted by Crippen LogP contribution is 2.16. The standard InChI is InChI=1S/C20H31N3O3.HI/c1-4-21-20(22-12-9-17-10-14-25-15-11-17)23(2)13-16-26-19-7-5-18(24-3)6-8-19;/h5-8,10H,4,9,11-16H2,1-3H3,(H,21,22);1H. The third-order valence-electron chi connectivity index (χ3n) is 4.20. The molecule has 1 aliphatic heterocycles. The van der Waals surface area contributed by atoms with E-state index in [9.17, 15) is 0 Å². The number of nitrogens with zero attached hydrogens (tertiary/aromatic N) is 2. The zero-order valence-electron chi connectivity index (χ0n) is 16.6. The monoisotopic (exact) mass is 489 g/mol. The molecule has 1 aliphatic rings. The van der Waals surface area contributed by atoms with Crippen molar-refractivity contribution < 1.29 is 14.2 Å². The SMILES string of the molecule is CCNC(=NCCC1=CCOCC1)N(C)CCOc1ccc(OC)cc1.I. The Kier molecular flexibility index (Phi) is 11.9. The number of likely N-dealkylation sites (N-methyl/N-ethyl adjacent to an activating group) is 1. The highest BCUT2D eigenvalue weighted by molar-refractivity contribution is 14.0. The van der Waals surface area contributed by atoms with E-state index >= 15 is 0 Å². The number of ether oxygens (including phenoxy) is 3. The lowest BCUT2D eigenvalue weighted by atomic mass is 10.1. The highest BCUT2D eigenvalue weighted by Gasteiger charge is 2.07. The van der Waals surface area contributed by atoms with E-state index in [-0.39, 0.29) is 24.0 Å². The second-order valence-corrected chi connectivity index (χ2v) is 6.12. The number of aliphatic imine (C=N–C) groups is 1. The van der Waals surface area contributed by atoms with Crippen molar-refractivity contribution in [3.05, 3.63) is 35.9 Å². The second-order valence-electron chi connectivity index (χ2n) is 6.12. The van der Waals surface area contributed by atoms with E-state index in [4.69, 9.17) is 19.2 Å². The van der Waals surface area contributed by atoms with Crippen molar-refractivity contribution in [3.63, 3.8) is 0 Å². The van der Waals surface area contributed by atoms with Gasteiger partial charge in [-0.3, -0.25) is 4.99 Å². The van der Waals surface area contributed by atoms with Gasteiger partial charge in [0.2, 0.25) is 0 Å². The number of halogens is 1. The number of rotatable bonds is 9. The van der Waals surface area contributed by atoms with E-state index in [0.29, 0.717) is 6.61 Å². The van der Waals surface area contributed by atoms with Gasteiger partial charge in [0, 0.05) is 20.1 Å². The van der Waals surface area contributed by atoms with Crippen LogP contribution < -0.4 is 14.8 Å². The molecule has 0 bridgehead atoms. The van der Waals surface area contributed by atoms with Gasteiger partial charge >= 0.3 is 0 Å². The van der Waals surface area contributed by atoms with E-state index in [1.54, 1.807) is 7.11 Å². The van der Waals surface area contributed by atoms with Gasteiger partial charge in [-0.25, -0.2) is 0 Å². The van der Waals surface area contributed by atoms with Crippen LogP contribution in [0.4, 0.5) is 0 Å². The first-order valence-electron chi connectivity index (χ1n) is 9.25. The summed E-state index contributed by atoms with van der Waals surface area (Å²) < 4.78 is 16.3. The molecule has 1 aromatic rings. The normalized spacial score (nSPS) is 14.0. The quantitative estimate of drug-likeness (QED) is 0.250. The Hall–Kier alpha value is -1.48. The van der Waals surface area contributed by atoms with Crippen molar-refractivity contribution in [1.82, 2.24) is 10.2 Å². The molecule has 0 aromatic heterocycles. The largest absolute Gasteiger partial charge is 0.497 e. The Labute approximate surface area is 180 Å². The van der Waals surface area contributed by atoms with Crippen LogP contribution in [0.3, 0.4) is 0 Å². The van der Waals surface area contributed by atoms with Gasteiger partial charge in [0.1, 0.15) is 18.1 Å². The van der Waals surface area contributed by atoms with Crippen LogP contribution in [0.5, 0.6) is 11.5 Å². The van der Waals surface area contributed by atoms with Crippen molar-refractivity contribution in [3.8, 4) is 11.5 Å². The minimum atomic E-state index is 0. The van der Waals surface area contributed by atoms with Crippen LogP contribution in [0.2, 0.25) is 0 Å². The second kappa shape index (κ2) is 13.7. The Morgan fingerprint density at radius 1 is 1.26 bits per heavy atom. The van der Waals surface area contributed by atoms with Gasteiger partial charge in [0.15, 0.2) is 5.96 Å². The third kappa shape index (κ3) is 8.83. The molecule has 0 fully saturated rings. The molecule has 2 rings (SSSR count). The topological polar surface area (TPSA) is 55.3 Å². The maximum absolute atomic E-state index is 5.80. The first-order valence-corrected chi connectivity index (χ1v) is 9.25. The lowest BCUT2D eigenvalue weighted by Crippen LogP contribution is -2.41. The lowest BCUT2D eigenvalue weighted by molar-refractivity contribution is 0.153. The maximum atomic E-state index is 5.80. The summed E-state index contributed by atoms with van der Waals surface area (Å²) in [4.78, 5) is 6.84. The highest BCUT2D eigenvalue weighted by atomic mass is 127. The van der Waals surface area contributed by atoms with Gasteiger partial charge in [-0.05, 0) is 44.0 Å². The fourth-order valence-electron chi connectivity index (χ4n) is 2.65. The molecular formula is C20H32IN3O3. The van der Waals surface area contributed by atoms with Crippen molar-refractivity contribution in [2.24, 2.45) is 4.99 Å². The molecule has 7 heteroatoms. The van der Waals surface area contributed by atoms with Crippen molar-refractivity contribution in [2.75, 3.05) is 53.6 Å². The number of hydrogen-bond donors (Lipinski definition) is 1. The summed E-state index contributed by atoms with van der Waals surface area (Å²) in [7, 11) is 3.69. The van der Waals surface area contributed by atoms with E-state index in [1.165, 1.54) is 5.57 Å². The van der Waals surface area contributed by atoms with Crippen LogP contribution >= 0.6 is 24.0 Å². The maximum Gasteiger partial charge on any atom is 0.193 e. The number of methoxy groups -OCH3 is 1. The van der Waals surface area contributed by atoms with Crippen LogP contribution in [0.1, 0.15) is 19.8 Å². The average molecular weight is 489 g/mol. The van der Waals surface area contributed by atoms with Gasteiger partial charge in [0.05, 0.1) is 26.9 Å². The Morgan fingerprint density at radius 3 is 2.63 bits per heavy atom. The van der Waals surface area contributed by atoms with Gasteiger partial charge in [-0.1, -0.05) is 11.6 Å². The van der Waals surface area contributed by atoms with Gasteiger partial charge in [-0.15, -0.1) is 24.0 Å². The fourth-order valence-corrected chi connectivity index (χ4v) is 2.65. The number of hydrogen-bond acceptors (Lipinski definition) is 4. The van der Waals surface area contributed by atoms with E-state index in [2.05, 4.69) is 23.2 Å². The number of guanidine groups is 1. The van der Waals surface area contributed by atoms with Crippen LogP contribution in [-0.4, -0.2) is 64.5 Å². The number of benzene rings is 1. The van der Waals surface area contributed by atoms with Crippen LogP contribution in [-0.2, 0) is 4.74 Å². The lowest BCUT2D eigenvalue weighted by Gasteiger charge is -2.22. The third-order valence-corrected chi connectivity index (χ3v) is 4.20. The summed E-state index contributed by atoms with van der Waals surface area (Å²) in [6, 6.07) is 7.63. The molecule has 0 saturated heterocycles. The minimum absolute atomic E-state index is 0. The van der Waals surface area contributed by atoms with E-state index in [1.807, 2.05) is 31.3 Å². The number of nitrogens with one attached hydrogen (secondary N) is 1. The molecule has 0 saturated carbocycles. The fraction of sp³-hybridized carbons (Fsp3) is 0.550. The molecule has 152 valence electrons. The van der Waals surface area contributed by atoms with Gasteiger partial charge in [-0.2, -0.15) is 0 Å². The zero-order valence-corrected chi connectivity index (χ0v) is 18.9. The van der Waals surface area contributed by atoms with Crippen molar-refractivity contribution in [1.29, 1.82) is 0 Å². The molecule has 1 heterocycles. The summed E-state index contributed by atoms with van der Waals surface area (Å²) in [5.41, 5.74) is 1.45. The smallest absolute Gasteiger partial charge is 0.193 e. The summed E-state index contributed by atoms with van der Waals surface area (Å²) in [6.07, 6.45) is 4.20. The van der Waals surface area contributed by atoms with Crippen molar-refractivity contribution >= 4 is 29.9 Å². The predicted molar refractivity (Wildman–Crippen MR) is 121 cm³/mol. The summed E-state index contributed by atoms with van der Waals surface area (Å²) in [5, 5.41) is 3.34. The molecule has 0 aliphatic carbocycles. The van der Waals surface area contributed by atoms with E-state index in [0.717, 1.165) is 63.1 Å². The molecule has 1 aromatic carbocycles. The van der Waals surface area contributed by atoms with Crippen LogP contribution in [0, 0.1) is 0 Å². The Bertz CT molecular complexity index is 591. The average Bonchev–Trinajstić information content (AvgIpc) is 2.68. The minimum Gasteiger partial charge on any atom is -0.497 e. The summed E-state index contributed by atoms with van der Waals surface area (Å²) >= 11 is 0. The molecular weight excluding hydrogens is 457 g/mol. The zero-order chi connectivity index (χ0) is 18.6. The van der Waals surface area contributed by atoms with E-state index < -0.39 is 0 Å². The van der Waals surface area contributed by atoms with Crippen LogP contribution in [0.25, 0.3) is 0 Å². The first-order chi connectivity index (χ1) is 12.7. The molecule has 0 spiro atoms. The van der Waals surface area contributed by atoms with Crippen molar-refractivity contribution in [2.45, 2.75) is 19.8 Å². The molecule has 1 N–H and O–H groups in total. The molecule has 0 unspecified atom stereocenters. The Balaban J connectivity index is 0.00000364. The Morgan fingerprint density at radius 2 is 2.00 bits per heavy atom. The van der Waals surface area contributed by atoms with Gasteiger partial charge < -0.3 is 24.4 Å². The molecule has 6 nitrogen and oxygen atoms in total. The summed E-state index contributed by atoms with van der Waals surface area (Å²) in [5.74, 6) is 2.58. The molecule has 0 radical (unpaired) electrons. The first kappa shape index (κ1) is 23.6. The molecule has 0 amide bonds. The predicted octanol–water partition coefficient (Wildman–Crippen LogP) is 3.33. The van der Waals surface area contributed by atoms with Crippen LogP contribution in [0.15, 0.2) is 40.9 Å².